The van der Waals surface area contributed by atoms with Crippen LogP contribution >= 0.6 is 0 Å². The summed E-state index contributed by atoms with van der Waals surface area (Å²) >= 11 is 0. The van der Waals surface area contributed by atoms with E-state index < -0.39 is 17.3 Å². The molecule has 0 spiro atoms. The van der Waals surface area contributed by atoms with Gasteiger partial charge in [0.05, 0.1) is 5.39 Å². The predicted molar refractivity (Wildman–Crippen MR) is 90.2 cm³/mol. The van der Waals surface area contributed by atoms with Gasteiger partial charge in [0.1, 0.15) is 23.0 Å². The highest BCUT2D eigenvalue weighted by Crippen LogP contribution is 2.39. The molecule has 0 N–H and O–H groups in total. The van der Waals surface area contributed by atoms with E-state index in [1.165, 1.54) is 12.1 Å². The molecular formula is C19H20O5. The number of hydrogen-bond acceptors (Lipinski definition) is 5. The molecule has 24 heavy (non-hydrogen) atoms. The molecule has 1 aromatic heterocycles. The summed E-state index contributed by atoms with van der Waals surface area (Å²) in [6.07, 6.45) is 1.61. The number of rotatable bonds is 2. The quantitative estimate of drug-likeness (QED) is 0.480. The van der Waals surface area contributed by atoms with E-state index in [0.717, 1.165) is 16.5 Å². The summed E-state index contributed by atoms with van der Waals surface area (Å²) in [7, 11) is 0. The zero-order valence-corrected chi connectivity index (χ0v) is 14.2. The average Bonchev–Trinajstić information content (AvgIpc) is 2.46. The minimum atomic E-state index is -0.692. The van der Waals surface area contributed by atoms with Crippen molar-refractivity contribution in [1.29, 1.82) is 0 Å². The van der Waals surface area contributed by atoms with E-state index in [-0.39, 0.29) is 5.97 Å². The number of carbonyl (C=O) groups is 1. The Labute approximate surface area is 139 Å². The number of allylic oxidation sites excluding steroid dienone is 1. The Bertz CT molecular complexity index is 884. The van der Waals surface area contributed by atoms with Crippen molar-refractivity contribution in [3.05, 3.63) is 51.9 Å². The molecule has 5 heteroatoms. The molecule has 1 aliphatic rings. The normalized spacial score (nSPS) is 18.4. The summed E-state index contributed by atoms with van der Waals surface area (Å²) in [6.45, 7) is 7.46. The van der Waals surface area contributed by atoms with E-state index in [1.54, 1.807) is 12.1 Å². The fourth-order valence-electron chi connectivity index (χ4n) is 2.82. The monoisotopic (exact) mass is 328 g/mol. The molecule has 1 unspecified atom stereocenters. The van der Waals surface area contributed by atoms with Crippen LogP contribution in [-0.2, 0) is 16.0 Å². The van der Waals surface area contributed by atoms with Gasteiger partial charge in [0, 0.05) is 18.6 Å². The second kappa shape index (κ2) is 5.82. The summed E-state index contributed by atoms with van der Waals surface area (Å²) in [6, 6.07) is 6.66. The Morgan fingerprint density at radius 3 is 2.71 bits per heavy atom. The minimum absolute atomic E-state index is 0.369. The number of hydrogen-bond donors (Lipinski definition) is 0. The van der Waals surface area contributed by atoms with Gasteiger partial charge >= 0.3 is 11.6 Å². The molecule has 0 amide bonds. The first kappa shape index (κ1) is 16.3. The largest absolute Gasteiger partial charge is 0.483 e. The van der Waals surface area contributed by atoms with Crippen LogP contribution < -0.4 is 10.4 Å². The van der Waals surface area contributed by atoms with Crippen LogP contribution in [-0.4, -0.2) is 17.7 Å². The number of esters is 1. The molecule has 0 bridgehead atoms. The molecule has 0 saturated carbocycles. The molecule has 0 radical (unpaired) electrons. The Balaban J connectivity index is 1.98. The third-order valence-corrected chi connectivity index (χ3v) is 4.05. The van der Waals surface area contributed by atoms with Crippen LogP contribution in [0.2, 0.25) is 0 Å². The molecule has 1 aromatic carbocycles. The Morgan fingerprint density at radius 1 is 1.25 bits per heavy atom. The van der Waals surface area contributed by atoms with Crippen molar-refractivity contribution in [3.8, 4) is 5.75 Å². The van der Waals surface area contributed by atoms with E-state index in [1.807, 2.05) is 33.8 Å². The zero-order chi connectivity index (χ0) is 17.5. The third kappa shape index (κ3) is 3.07. The Hall–Kier alpha value is -2.56. The van der Waals surface area contributed by atoms with Gasteiger partial charge in [-0.3, -0.25) is 0 Å². The van der Waals surface area contributed by atoms with E-state index in [2.05, 4.69) is 0 Å². The van der Waals surface area contributed by atoms with Gasteiger partial charge in [-0.1, -0.05) is 11.6 Å². The van der Waals surface area contributed by atoms with Crippen molar-refractivity contribution in [2.45, 2.75) is 45.8 Å². The first-order chi connectivity index (χ1) is 11.3. The topological polar surface area (TPSA) is 65.7 Å². The van der Waals surface area contributed by atoms with Crippen molar-refractivity contribution < 1.29 is 18.7 Å². The fraction of sp³-hybridized carbons (Fsp3) is 0.368. The van der Waals surface area contributed by atoms with Crippen molar-refractivity contribution >= 4 is 16.9 Å². The molecule has 0 aliphatic carbocycles. The molecular weight excluding hydrogens is 308 g/mol. The van der Waals surface area contributed by atoms with Crippen LogP contribution in [0, 0.1) is 0 Å². The second-order valence-electron chi connectivity index (χ2n) is 6.78. The number of benzene rings is 1. The number of ether oxygens (including phenoxy) is 2. The lowest BCUT2D eigenvalue weighted by Gasteiger charge is -2.39. The molecule has 3 rings (SSSR count). The molecule has 0 fully saturated rings. The van der Waals surface area contributed by atoms with Crippen LogP contribution in [0.1, 0.15) is 33.3 Å². The summed E-state index contributed by atoms with van der Waals surface area (Å²) in [4.78, 5) is 23.3. The average molecular weight is 328 g/mol. The standard InChI is InChI=1S/C19H20O5/c1-11(2)9-17(21)23-15-10-12-5-7-14-13(6-8-16(20)22-14)18(12)24-19(15,3)4/h5-9,15H,10H2,1-4H3. The molecule has 1 aliphatic heterocycles. The minimum Gasteiger partial charge on any atom is -0.483 e. The fourth-order valence-corrected chi connectivity index (χ4v) is 2.82. The second-order valence-corrected chi connectivity index (χ2v) is 6.78. The lowest BCUT2D eigenvalue weighted by atomic mass is 9.90. The maximum Gasteiger partial charge on any atom is 0.336 e. The van der Waals surface area contributed by atoms with Gasteiger partial charge in [0.15, 0.2) is 0 Å². The molecule has 0 saturated heterocycles. The van der Waals surface area contributed by atoms with Gasteiger partial charge < -0.3 is 13.9 Å². The van der Waals surface area contributed by atoms with E-state index >= 15 is 0 Å². The van der Waals surface area contributed by atoms with Crippen LogP contribution in [0.5, 0.6) is 5.75 Å². The smallest absolute Gasteiger partial charge is 0.336 e. The van der Waals surface area contributed by atoms with Gasteiger partial charge in [-0.2, -0.15) is 0 Å². The highest BCUT2D eigenvalue weighted by atomic mass is 16.6. The Kier molecular flexibility index (Phi) is 3.95. The van der Waals surface area contributed by atoms with Crippen molar-refractivity contribution in [2.24, 2.45) is 0 Å². The van der Waals surface area contributed by atoms with E-state index in [4.69, 9.17) is 13.9 Å². The molecule has 126 valence electrons. The SMILES string of the molecule is CC(C)=CC(=O)OC1Cc2ccc3oc(=O)ccc3c2OC1(C)C. The summed E-state index contributed by atoms with van der Waals surface area (Å²) in [5, 5.41) is 0.745. The summed E-state index contributed by atoms with van der Waals surface area (Å²) in [5.41, 5.74) is 1.20. The van der Waals surface area contributed by atoms with Gasteiger partial charge in [0.2, 0.25) is 0 Å². The van der Waals surface area contributed by atoms with E-state index in [9.17, 15) is 9.59 Å². The maximum atomic E-state index is 12.0. The molecule has 1 atom stereocenters. The maximum absolute atomic E-state index is 12.0. The van der Waals surface area contributed by atoms with Crippen molar-refractivity contribution in [1.82, 2.24) is 0 Å². The first-order valence-corrected chi connectivity index (χ1v) is 7.86. The van der Waals surface area contributed by atoms with Crippen LogP contribution in [0.15, 0.2) is 45.1 Å². The van der Waals surface area contributed by atoms with E-state index in [0.29, 0.717) is 17.8 Å². The van der Waals surface area contributed by atoms with Crippen LogP contribution in [0.4, 0.5) is 0 Å². The van der Waals surface area contributed by atoms with Gasteiger partial charge in [-0.25, -0.2) is 9.59 Å². The lowest BCUT2D eigenvalue weighted by Crippen LogP contribution is -2.48. The lowest BCUT2D eigenvalue weighted by molar-refractivity contribution is -0.155. The Morgan fingerprint density at radius 2 is 2.00 bits per heavy atom. The molecule has 2 heterocycles. The molecule has 2 aromatic rings. The third-order valence-electron chi connectivity index (χ3n) is 4.05. The summed E-state index contributed by atoms with van der Waals surface area (Å²) < 4.78 is 16.9. The van der Waals surface area contributed by atoms with Crippen LogP contribution in [0.25, 0.3) is 11.0 Å². The van der Waals surface area contributed by atoms with Crippen LogP contribution in [0.3, 0.4) is 0 Å². The number of carbonyl (C=O) groups excluding carboxylic acids is 1. The van der Waals surface area contributed by atoms with Gasteiger partial charge in [-0.15, -0.1) is 0 Å². The first-order valence-electron chi connectivity index (χ1n) is 7.86. The highest BCUT2D eigenvalue weighted by molar-refractivity contribution is 5.85. The number of fused-ring (bicyclic) bond motifs is 3. The van der Waals surface area contributed by atoms with Crippen molar-refractivity contribution in [3.63, 3.8) is 0 Å². The predicted octanol–water partition coefficient (Wildman–Crippen LogP) is 3.38. The molecule has 5 nitrogen and oxygen atoms in total. The van der Waals surface area contributed by atoms with Gasteiger partial charge in [-0.05, 0) is 45.4 Å². The highest BCUT2D eigenvalue weighted by Gasteiger charge is 2.40. The van der Waals surface area contributed by atoms with Gasteiger partial charge in [0.25, 0.3) is 0 Å². The summed E-state index contributed by atoms with van der Waals surface area (Å²) in [5.74, 6) is 0.308. The zero-order valence-electron chi connectivity index (χ0n) is 14.2. The van der Waals surface area contributed by atoms with Crippen molar-refractivity contribution in [2.75, 3.05) is 0 Å².